The van der Waals surface area contributed by atoms with Crippen molar-refractivity contribution >= 4 is 17.4 Å². The van der Waals surface area contributed by atoms with Crippen LogP contribution in [0.5, 0.6) is 0 Å². The van der Waals surface area contributed by atoms with Crippen molar-refractivity contribution in [1.29, 1.82) is 0 Å². The van der Waals surface area contributed by atoms with Gasteiger partial charge in [-0.15, -0.1) is 0 Å². The van der Waals surface area contributed by atoms with Crippen LogP contribution in [-0.2, 0) is 24.0 Å². The van der Waals surface area contributed by atoms with E-state index >= 15 is 0 Å². The number of alkyl halides is 3. The first-order valence-corrected chi connectivity index (χ1v) is 9.93. The third-order valence-corrected chi connectivity index (χ3v) is 4.80. The van der Waals surface area contributed by atoms with Gasteiger partial charge in [-0.2, -0.15) is 13.2 Å². The molecule has 12 heteroatoms. The number of carbonyl (C=O) groups excluding carboxylic acids is 1. The molecule has 3 rings (SSSR count). The summed E-state index contributed by atoms with van der Waals surface area (Å²) in [6, 6.07) is 10.6. The monoisotopic (exact) mass is 480 g/mol. The number of hydrogen-bond acceptors (Lipinski definition) is 5. The van der Waals surface area contributed by atoms with Gasteiger partial charge in [0.15, 0.2) is 0 Å². The standard InChI is InChI=1S/C22H20F4N4O4/c1-34-10-9-30-18(28-19(31)14-7-8-16(23)15(11-14)22(24,25)26)17(20(32)29-21(30)33)27-12-13-5-3-2-4-6-13/h2-8,11,27H,9-10,12H2,1H3,(H,28,31)(H,29,32,33). The fourth-order valence-electron chi connectivity index (χ4n) is 3.11. The van der Waals surface area contributed by atoms with E-state index in [1.165, 1.54) is 7.11 Å². The van der Waals surface area contributed by atoms with Gasteiger partial charge in [0, 0.05) is 19.2 Å². The van der Waals surface area contributed by atoms with Crippen molar-refractivity contribution in [2.24, 2.45) is 0 Å². The van der Waals surface area contributed by atoms with E-state index in [0.29, 0.717) is 12.1 Å². The van der Waals surface area contributed by atoms with E-state index in [-0.39, 0.29) is 31.2 Å². The van der Waals surface area contributed by atoms with Gasteiger partial charge >= 0.3 is 11.9 Å². The number of ether oxygens (including phenoxy) is 1. The highest BCUT2D eigenvalue weighted by atomic mass is 19.4. The molecule has 0 unspecified atom stereocenters. The van der Waals surface area contributed by atoms with Gasteiger partial charge in [0.25, 0.3) is 11.5 Å². The Balaban J connectivity index is 2.03. The predicted molar refractivity (Wildman–Crippen MR) is 116 cm³/mol. The summed E-state index contributed by atoms with van der Waals surface area (Å²) < 4.78 is 58.8. The quantitative estimate of drug-likeness (QED) is 0.430. The largest absolute Gasteiger partial charge is 0.419 e. The summed E-state index contributed by atoms with van der Waals surface area (Å²) in [6.07, 6.45) is -5.02. The molecule has 0 bridgehead atoms. The molecule has 0 aliphatic heterocycles. The summed E-state index contributed by atoms with van der Waals surface area (Å²) in [6.45, 7) is 0.0880. The number of aromatic nitrogens is 2. The zero-order valence-corrected chi connectivity index (χ0v) is 17.8. The molecular formula is C22H20F4N4O4. The van der Waals surface area contributed by atoms with Crippen LogP contribution in [0.3, 0.4) is 0 Å². The van der Waals surface area contributed by atoms with Gasteiger partial charge in [-0.3, -0.25) is 19.1 Å². The maximum absolute atomic E-state index is 13.6. The number of benzene rings is 2. The number of amides is 1. The molecule has 0 aliphatic carbocycles. The van der Waals surface area contributed by atoms with Gasteiger partial charge in [-0.25, -0.2) is 9.18 Å². The fourth-order valence-corrected chi connectivity index (χ4v) is 3.11. The smallest absolute Gasteiger partial charge is 0.383 e. The Morgan fingerprint density at radius 3 is 2.47 bits per heavy atom. The third kappa shape index (κ3) is 5.70. The van der Waals surface area contributed by atoms with Gasteiger partial charge < -0.3 is 15.4 Å². The van der Waals surface area contributed by atoms with Gasteiger partial charge in [0.1, 0.15) is 17.3 Å². The van der Waals surface area contributed by atoms with E-state index < -0.39 is 40.3 Å². The van der Waals surface area contributed by atoms with E-state index in [1.54, 1.807) is 30.3 Å². The first-order chi connectivity index (χ1) is 16.1. The summed E-state index contributed by atoms with van der Waals surface area (Å²) >= 11 is 0. The number of H-pyrrole nitrogens is 1. The van der Waals surface area contributed by atoms with E-state index in [0.717, 1.165) is 16.2 Å². The molecule has 1 aromatic heterocycles. The normalized spacial score (nSPS) is 11.3. The highest BCUT2D eigenvalue weighted by Crippen LogP contribution is 2.32. The van der Waals surface area contributed by atoms with Crippen LogP contribution in [0.25, 0.3) is 0 Å². The minimum atomic E-state index is -5.02. The van der Waals surface area contributed by atoms with Crippen LogP contribution in [0.2, 0.25) is 0 Å². The van der Waals surface area contributed by atoms with Crippen LogP contribution < -0.4 is 21.9 Å². The zero-order chi connectivity index (χ0) is 24.9. The van der Waals surface area contributed by atoms with Crippen LogP contribution in [0, 0.1) is 5.82 Å². The summed E-state index contributed by atoms with van der Waals surface area (Å²) in [5.74, 6) is -2.89. The van der Waals surface area contributed by atoms with Gasteiger partial charge in [-0.1, -0.05) is 30.3 Å². The Morgan fingerprint density at radius 1 is 1.12 bits per heavy atom. The number of hydrogen-bond donors (Lipinski definition) is 3. The SMILES string of the molecule is COCCn1c(NC(=O)c2ccc(F)c(C(F)(F)F)c2)c(NCc2ccccc2)c(=O)[nH]c1=O. The average molecular weight is 480 g/mol. The molecule has 0 fully saturated rings. The summed E-state index contributed by atoms with van der Waals surface area (Å²) in [4.78, 5) is 39.9. The number of rotatable bonds is 8. The van der Waals surface area contributed by atoms with Crippen LogP contribution in [-0.4, -0.2) is 29.2 Å². The number of anilines is 2. The predicted octanol–water partition coefficient (Wildman–Crippen LogP) is 3.21. The molecule has 3 aromatic rings. The number of aromatic amines is 1. The van der Waals surface area contributed by atoms with Crippen LogP contribution >= 0.6 is 0 Å². The Kier molecular flexibility index (Phi) is 7.51. The van der Waals surface area contributed by atoms with Crippen molar-refractivity contribution in [3.63, 3.8) is 0 Å². The number of nitrogens with one attached hydrogen (secondary N) is 3. The lowest BCUT2D eigenvalue weighted by Crippen LogP contribution is -2.36. The molecule has 2 aromatic carbocycles. The molecule has 1 heterocycles. The van der Waals surface area contributed by atoms with E-state index in [9.17, 15) is 31.9 Å². The van der Waals surface area contributed by atoms with Crippen LogP contribution in [0.1, 0.15) is 21.5 Å². The van der Waals surface area contributed by atoms with Crippen molar-refractivity contribution in [3.05, 3.63) is 91.9 Å². The maximum atomic E-state index is 13.6. The first kappa shape index (κ1) is 24.7. The van der Waals surface area contributed by atoms with Crippen molar-refractivity contribution in [3.8, 4) is 0 Å². The lowest BCUT2D eigenvalue weighted by molar-refractivity contribution is -0.140. The first-order valence-electron chi connectivity index (χ1n) is 9.93. The van der Waals surface area contributed by atoms with Crippen LogP contribution in [0.4, 0.5) is 29.1 Å². The van der Waals surface area contributed by atoms with E-state index in [4.69, 9.17) is 4.74 Å². The molecule has 0 atom stereocenters. The molecule has 0 saturated carbocycles. The second kappa shape index (κ2) is 10.3. The Bertz CT molecular complexity index is 1290. The minimum Gasteiger partial charge on any atom is -0.383 e. The number of carbonyl (C=O) groups is 1. The molecule has 0 aliphatic rings. The molecule has 0 saturated heterocycles. The fraction of sp³-hybridized carbons (Fsp3) is 0.227. The highest BCUT2D eigenvalue weighted by Gasteiger charge is 2.34. The number of nitrogens with zero attached hydrogens (tertiary/aromatic N) is 1. The maximum Gasteiger partial charge on any atom is 0.419 e. The molecular weight excluding hydrogens is 460 g/mol. The summed E-state index contributed by atoms with van der Waals surface area (Å²) in [7, 11) is 1.38. The zero-order valence-electron chi connectivity index (χ0n) is 17.8. The topological polar surface area (TPSA) is 105 Å². The van der Waals surface area contributed by atoms with Crippen molar-refractivity contribution in [2.45, 2.75) is 19.3 Å². The Morgan fingerprint density at radius 2 is 1.82 bits per heavy atom. The van der Waals surface area contributed by atoms with Gasteiger partial charge in [-0.05, 0) is 23.8 Å². The molecule has 1 amide bonds. The van der Waals surface area contributed by atoms with Gasteiger partial charge in [0.05, 0.1) is 18.7 Å². The second-order valence-electron chi connectivity index (χ2n) is 7.11. The lowest BCUT2D eigenvalue weighted by Gasteiger charge is -2.18. The molecule has 180 valence electrons. The van der Waals surface area contributed by atoms with Crippen molar-refractivity contribution in [2.75, 3.05) is 24.4 Å². The molecule has 8 nitrogen and oxygen atoms in total. The molecule has 34 heavy (non-hydrogen) atoms. The Hall–Kier alpha value is -3.93. The third-order valence-electron chi connectivity index (χ3n) is 4.80. The van der Waals surface area contributed by atoms with Gasteiger partial charge in [0.2, 0.25) is 0 Å². The molecule has 3 N–H and O–H groups in total. The lowest BCUT2D eigenvalue weighted by atomic mass is 10.1. The molecule has 0 spiro atoms. The Labute approximate surface area is 190 Å². The average Bonchev–Trinajstić information content (AvgIpc) is 2.78. The highest BCUT2D eigenvalue weighted by molar-refractivity contribution is 6.05. The van der Waals surface area contributed by atoms with E-state index in [1.807, 2.05) is 0 Å². The van der Waals surface area contributed by atoms with E-state index in [2.05, 4.69) is 15.6 Å². The summed E-state index contributed by atoms with van der Waals surface area (Å²) in [5, 5.41) is 5.16. The van der Waals surface area contributed by atoms with Crippen LogP contribution in [0.15, 0.2) is 58.1 Å². The van der Waals surface area contributed by atoms with Crippen molar-refractivity contribution < 1.29 is 27.1 Å². The summed E-state index contributed by atoms with van der Waals surface area (Å²) in [5.41, 5.74) is -3.26. The molecule has 0 radical (unpaired) electrons. The number of methoxy groups -OCH3 is 1. The van der Waals surface area contributed by atoms with Crippen molar-refractivity contribution in [1.82, 2.24) is 9.55 Å². The second-order valence-corrected chi connectivity index (χ2v) is 7.11. The number of halogens is 4. The minimum absolute atomic E-state index is 0.0295.